The maximum atomic E-state index is 12.1. The molecule has 2 unspecified atom stereocenters. The van der Waals surface area contributed by atoms with Gasteiger partial charge in [-0.3, -0.25) is 4.79 Å². The summed E-state index contributed by atoms with van der Waals surface area (Å²) in [6.07, 6.45) is 8.14. The molecule has 0 bridgehead atoms. The predicted molar refractivity (Wildman–Crippen MR) is 74.7 cm³/mol. The van der Waals surface area contributed by atoms with E-state index in [0.29, 0.717) is 17.7 Å². The molecular weight excluding hydrogens is 224 g/mol. The van der Waals surface area contributed by atoms with E-state index in [4.69, 9.17) is 0 Å². The van der Waals surface area contributed by atoms with Crippen LogP contribution in [0.2, 0.25) is 0 Å². The molecule has 3 heteroatoms. The summed E-state index contributed by atoms with van der Waals surface area (Å²) in [5, 5.41) is 0. The zero-order chi connectivity index (χ0) is 13.0. The number of carbonyl (C=O) groups excluding carboxylic acids is 1. The molecule has 1 saturated heterocycles. The molecule has 0 aromatic carbocycles. The van der Waals surface area contributed by atoms with Gasteiger partial charge in [-0.05, 0) is 46.3 Å². The lowest BCUT2D eigenvalue weighted by Crippen LogP contribution is -2.47. The monoisotopic (exact) mass is 252 g/mol. The Balaban J connectivity index is 1.85. The van der Waals surface area contributed by atoms with Gasteiger partial charge in [0.1, 0.15) is 5.78 Å². The molecular formula is C15H28N2O. The third-order valence-electron chi connectivity index (χ3n) is 4.66. The minimum absolute atomic E-state index is 0.310. The van der Waals surface area contributed by atoms with Crippen molar-refractivity contribution in [3.8, 4) is 0 Å². The molecule has 0 radical (unpaired) electrons. The molecule has 2 fully saturated rings. The first kappa shape index (κ1) is 14.0. The molecule has 1 saturated carbocycles. The van der Waals surface area contributed by atoms with E-state index in [2.05, 4.69) is 23.9 Å². The van der Waals surface area contributed by atoms with E-state index in [1.165, 1.54) is 32.2 Å². The number of Topliss-reactive ketones (excluding diaryl/α,β-unsaturated/α-hetero) is 1. The Morgan fingerprint density at radius 3 is 2.83 bits per heavy atom. The van der Waals surface area contributed by atoms with Gasteiger partial charge in [0, 0.05) is 31.5 Å². The van der Waals surface area contributed by atoms with Crippen LogP contribution in [0.3, 0.4) is 0 Å². The number of rotatable bonds is 3. The SMILES string of the molecule is CN1CCCC(N(C)CC2CCCCCC2=O)C1. The fourth-order valence-electron chi connectivity index (χ4n) is 3.42. The highest BCUT2D eigenvalue weighted by Crippen LogP contribution is 2.22. The first-order valence-electron chi connectivity index (χ1n) is 7.58. The van der Waals surface area contributed by atoms with Gasteiger partial charge in [-0.15, -0.1) is 0 Å². The maximum absolute atomic E-state index is 12.1. The van der Waals surface area contributed by atoms with E-state index in [1.807, 2.05) is 0 Å². The van der Waals surface area contributed by atoms with Crippen LogP contribution < -0.4 is 0 Å². The van der Waals surface area contributed by atoms with Crippen molar-refractivity contribution in [2.75, 3.05) is 33.7 Å². The van der Waals surface area contributed by atoms with Crippen molar-refractivity contribution >= 4 is 5.78 Å². The molecule has 1 aliphatic carbocycles. The number of ketones is 1. The molecule has 0 aromatic heterocycles. The molecule has 1 heterocycles. The quantitative estimate of drug-likeness (QED) is 0.719. The lowest BCUT2D eigenvalue weighted by atomic mass is 9.96. The average molecular weight is 252 g/mol. The van der Waals surface area contributed by atoms with Crippen LogP contribution in [0, 0.1) is 5.92 Å². The van der Waals surface area contributed by atoms with Crippen molar-refractivity contribution in [3.05, 3.63) is 0 Å². The molecule has 0 N–H and O–H groups in total. The first-order chi connectivity index (χ1) is 8.66. The van der Waals surface area contributed by atoms with Crippen LogP contribution >= 0.6 is 0 Å². The zero-order valence-corrected chi connectivity index (χ0v) is 12.0. The second-order valence-electron chi connectivity index (χ2n) is 6.26. The Morgan fingerprint density at radius 1 is 1.22 bits per heavy atom. The molecule has 0 amide bonds. The topological polar surface area (TPSA) is 23.6 Å². The fraction of sp³-hybridized carbons (Fsp3) is 0.933. The van der Waals surface area contributed by atoms with E-state index in [1.54, 1.807) is 0 Å². The van der Waals surface area contributed by atoms with Crippen LogP contribution in [0.25, 0.3) is 0 Å². The summed E-state index contributed by atoms with van der Waals surface area (Å²) in [5.74, 6) is 0.827. The molecule has 18 heavy (non-hydrogen) atoms. The van der Waals surface area contributed by atoms with Gasteiger partial charge in [0.15, 0.2) is 0 Å². The first-order valence-corrected chi connectivity index (χ1v) is 7.58. The number of hydrogen-bond acceptors (Lipinski definition) is 3. The van der Waals surface area contributed by atoms with Gasteiger partial charge in [0.05, 0.1) is 0 Å². The Kier molecular flexibility index (Phi) is 5.19. The summed E-state index contributed by atoms with van der Waals surface area (Å²) in [5.41, 5.74) is 0. The third-order valence-corrected chi connectivity index (χ3v) is 4.66. The molecule has 3 nitrogen and oxygen atoms in total. The zero-order valence-electron chi connectivity index (χ0n) is 12.0. The van der Waals surface area contributed by atoms with Gasteiger partial charge in [0.25, 0.3) is 0 Å². The Morgan fingerprint density at radius 2 is 2.06 bits per heavy atom. The number of carbonyl (C=O) groups is 1. The molecule has 1 aliphatic heterocycles. The van der Waals surface area contributed by atoms with Gasteiger partial charge in [-0.1, -0.05) is 12.8 Å². The van der Waals surface area contributed by atoms with Crippen molar-refractivity contribution in [3.63, 3.8) is 0 Å². The summed E-state index contributed by atoms with van der Waals surface area (Å²) < 4.78 is 0. The highest BCUT2D eigenvalue weighted by Gasteiger charge is 2.26. The minimum atomic E-state index is 0.310. The number of hydrogen-bond donors (Lipinski definition) is 0. The Bertz CT molecular complexity index is 280. The highest BCUT2D eigenvalue weighted by molar-refractivity contribution is 5.81. The van der Waals surface area contributed by atoms with Crippen LogP contribution in [0.5, 0.6) is 0 Å². The van der Waals surface area contributed by atoms with Crippen LogP contribution in [0.1, 0.15) is 44.9 Å². The standard InChI is InChI=1S/C15H28N2O/c1-16-10-6-8-14(12-16)17(2)11-13-7-4-3-5-9-15(13)18/h13-14H,3-12H2,1-2H3. The van der Waals surface area contributed by atoms with Crippen LogP contribution in [-0.4, -0.2) is 55.4 Å². The molecule has 0 aromatic rings. The predicted octanol–water partition coefficient (Wildman–Crippen LogP) is 2.16. The van der Waals surface area contributed by atoms with Crippen molar-refractivity contribution in [2.24, 2.45) is 5.92 Å². The van der Waals surface area contributed by atoms with E-state index in [-0.39, 0.29) is 0 Å². The number of piperidine rings is 1. The normalized spacial score (nSPS) is 31.6. The van der Waals surface area contributed by atoms with E-state index < -0.39 is 0 Å². The van der Waals surface area contributed by atoms with E-state index >= 15 is 0 Å². The minimum Gasteiger partial charge on any atom is -0.305 e. The van der Waals surface area contributed by atoms with Crippen molar-refractivity contribution in [1.29, 1.82) is 0 Å². The number of nitrogens with zero attached hydrogens (tertiary/aromatic N) is 2. The van der Waals surface area contributed by atoms with Crippen LogP contribution in [0.15, 0.2) is 0 Å². The van der Waals surface area contributed by atoms with E-state index in [9.17, 15) is 4.79 Å². The second kappa shape index (κ2) is 6.67. The van der Waals surface area contributed by atoms with Crippen molar-refractivity contribution < 1.29 is 4.79 Å². The highest BCUT2D eigenvalue weighted by atomic mass is 16.1. The Labute approximate surface area is 112 Å². The third kappa shape index (κ3) is 3.79. The van der Waals surface area contributed by atoms with Crippen molar-refractivity contribution in [2.45, 2.75) is 51.0 Å². The lowest BCUT2D eigenvalue weighted by molar-refractivity contribution is -0.123. The van der Waals surface area contributed by atoms with Crippen LogP contribution in [0.4, 0.5) is 0 Å². The Hall–Kier alpha value is -0.410. The number of likely N-dealkylation sites (tertiary alicyclic amines) is 1. The fourth-order valence-corrected chi connectivity index (χ4v) is 3.42. The largest absolute Gasteiger partial charge is 0.305 e. The molecule has 2 rings (SSSR count). The van der Waals surface area contributed by atoms with Gasteiger partial charge < -0.3 is 9.80 Å². The summed E-state index contributed by atoms with van der Waals surface area (Å²) >= 11 is 0. The van der Waals surface area contributed by atoms with E-state index in [0.717, 1.165) is 32.4 Å². The maximum Gasteiger partial charge on any atom is 0.137 e. The molecule has 2 aliphatic rings. The summed E-state index contributed by atoms with van der Waals surface area (Å²) in [7, 11) is 4.42. The van der Waals surface area contributed by atoms with Crippen molar-refractivity contribution in [1.82, 2.24) is 9.80 Å². The summed E-state index contributed by atoms with van der Waals surface area (Å²) in [4.78, 5) is 16.9. The molecule has 2 atom stereocenters. The number of likely N-dealkylation sites (N-methyl/N-ethyl adjacent to an activating group) is 2. The van der Waals surface area contributed by atoms with Gasteiger partial charge in [-0.2, -0.15) is 0 Å². The van der Waals surface area contributed by atoms with Gasteiger partial charge >= 0.3 is 0 Å². The van der Waals surface area contributed by atoms with Gasteiger partial charge in [0.2, 0.25) is 0 Å². The van der Waals surface area contributed by atoms with Crippen LogP contribution in [-0.2, 0) is 4.79 Å². The summed E-state index contributed by atoms with van der Waals surface area (Å²) in [6, 6.07) is 0.653. The molecule has 0 spiro atoms. The molecule has 104 valence electrons. The smallest absolute Gasteiger partial charge is 0.137 e. The second-order valence-corrected chi connectivity index (χ2v) is 6.26. The summed E-state index contributed by atoms with van der Waals surface area (Å²) in [6.45, 7) is 3.38. The lowest BCUT2D eigenvalue weighted by Gasteiger charge is -2.37. The average Bonchev–Trinajstić information content (AvgIpc) is 2.55. The van der Waals surface area contributed by atoms with Gasteiger partial charge in [-0.25, -0.2) is 0 Å².